The number of carbonyl (C=O) groups excluding carboxylic acids is 1. The van der Waals surface area contributed by atoms with Gasteiger partial charge in [0, 0.05) is 6.08 Å². The SMILES string of the molecule is CC(C)=CC(=O)OC(O)(O)O. The number of aliphatic hydroxyl groups is 3. The molecule has 5 heteroatoms. The van der Waals surface area contributed by atoms with Crippen molar-refractivity contribution in [2.75, 3.05) is 0 Å². The molecule has 0 spiro atoms. The van der Waals surface area contributed by atoms with Crippen LogP contribution in [0.4, 0.5) is 0 Å². The van der Waals surface area contributed by atoms with Crippen LogP contribution in [0.1, 0.15) is 13.8 Å². The minimum atomic E-state index is -3.39. The highest BCUT2D eigenvalue weighted by molar-refractivity contribution is 5.82. The van der Waals surface area contributed by atoms with Crippen molar-refractivity contribution in [2.24, 2.45) is 0 Å². The summed E-state index contributed by atoms with van der Waals surface area (Å²) in [6.45, 7) is 3.24. The Bertz CT molecular complexity index is 172. The van der Waals surface area contributed by atoms with Gasteiger partial charge in [0.15, 0.2) is 0 Å². The van der Waals surface area contributed by atoms with Crippen LogP contribution in [0.5, 0.6) is 0 Å². The van der Waals surface area contributed by atoms with Crippen molar-refractivity contribution in [1.29, 1.82) is 0 Å². The smallest absolute Gasteiger partial charge is 0.381 e. The molecule has 0 aliphatic carbocycles. The molecule has 0 bridgehead atoms. The predicted octanol–water partition coefficient (Wildman–Crippen LogP) is -0.916. The zero-order chi connectivity index (χ0) is 9.07. The normalized spacial score (nSPS) is 10.6. The van der Waals surface area contributed by atoms with E-state index in [1.54, 1.807) is 13.8 Å². The monoisotopic (exact) mass is 162 g/mol. The van der Waals surface area contributed by atoms with E-state index in [2.05, 4.69) is 4.74 Å². The molecule has 0 heterocycles. The molecule has 0 radical (unpaired) electrons. The van der Waals surface area contributed by atoms with Crippen molar-refractivity contribution in [3.63, 3.8) is 0 Å². The lowest BCUT2D eigenvalue weighted by Gasteiger charge is -2.11. The third-order valence-electron chi connectivity index (χ3n) is 0.644. The van der Waals surface area contributed by atoms with Crippen molar-refractivity contribution >= 4 is 5.97 Å². The molecule has 64 valence electrons. The van der Waals surface area contributed by atoms with Gasteiger partial charge in [0.25, 0.3) is 0 Å². The van der Waals surface area contributed by atoms with Gasteiger partial charge in [-0.1, -0.05) is 5.57 Å². The number of hydrogen-bond acceptors (Lipinski definition) is 5. The number of esters is 1. The van der Waals surface area contributed by atoms with E-state index in [-0.39, 0.29) is 0 Å². The summed E-state index contributed by atoms with van der Waals surface area (Å²) in [6.07, 6.45) is -2.37. The fourth-order valence-corrected chi connectivity index (χ4v) is 0.400. The lowest BCUT2D eigenvalue weighted by Crippen LogP contribution is -2.33. The topological polar surface area (TPSA) is 87.0 Å². The molecule has 0 rings (SSSR count). The second-order valence-electron chi connectivity index (χ2n) is 2.22. The number of allylic oxidation sites excluding steroid dienone is 1. The van der Waals surface area contributed by atoms with Crippen molar-refractivity contribution in [1.82, 2.24) is 0 Å². The van der Waals surface area contributed by atoms with Crippen molar-refractivity contribution in [3.05, 3.63) is 11.6 Å². The molecule has 0 saturated carbocycles. The first-order chi connectivity index (χ1) is 4.81. The average Bonchev–Trinajstić information content (AvgIpc) is 1.53. The average molecular weight is 162 g/mol. The van der Waals surface area contributed by atoms with E-state index in [1.165, 1.54) is 0 Å². The fourth-order valence-electron chi connectivity index (χ4n) is 0.400. The molecule has 11 heavy (non-hydrogen) atoms. The number of hydrogen-bond donors (Lipinski definition) is 3. The van der Waals surface area contributed by atoms with E-state index in [1.807, 2.05) is 0 Å². The van der Waals surface area contributed by atoms with Crippen LogP contribution in [-0.4, -0.2) is 27.4 Å². The third-order valence-corrected chi connectivity index (χ3v) is 0.644. The summed E-state index contributed by atoms with van der Waals surface area (Å²) in [7, 11) is 0. The summed E-state index contributed by atoms with van der Waals surface area (Å²) in [5, 5.41) is 24.4. The summed E-state index contributed by atoms with van der Waals surface area (Å²) in [6, 6.07) is 0. The van der Waals surface area contributed by atoms with Gasteiger partial charge in [-0.25, -0.2) is 4.79 Å². The van der Waals surface area contributed by atoms with Gasteiger partial charge in [0.1, 0.15) is 0 Å². The van der Waals surface area contributed by atoms with E-state index in [0.29, 0.717) is 5.57 Å². The standard InChI is InChI=1S/C6H10O5/c1-4(2)3-5(7)11-6(8,9)10/h3,8-10H,1-2H3. The maximum Gasteiger partial charge on any atom is 0.455 e. The van der Waals surface area contributed by atoms with Crippen molar-refractivity contribution in [2.45, 2.75) is 20.0 Å². The molecule has 0 atom stereocenters. The maximum absolute atomic E-state index is 10.5. The molecule has 0 fully saturated rings. The molecule has 0 aliphatic heterocycles. The van der Waals surface area contributed by atoms with E-state index < -0.39 is 12.1 Å². The van der Waals surface area contributed by atoms with Gasteiger partial charge < -0.3 is 20.1 Å². The number of rotatable bonds is 2. The van der Waals surface area contributed by atoms with Crippen LogP contribution in [0.2, 0.25) is 0 Å². The number of carbonyl (C=O) groups is 1. The first kappa shape index (κ1) is 10.1. The highest BCUT2D eigenvalue weighted by atomic mass is 16.9. The maximum atomic E-state index is 10.5. The van der Waals surface area contributed by atoms with Crippen LogP contribution < -0.4 is 0 Å². The quantitative estimate of drug-likeness (QED) is 0.278. The first-order valence-electron chi connectivity index (χ1n) is 2.86. The minimum Gasteiger partial charge on any atom is -0.381 e. The van der Waals surface area contributed by atoms with Gasteiger partial charge in [-0.3, -0.25) is 0 Å². The summed E-state index contributed by atoms with van der Waals surface area (Å²) < 4.78 is 3.70. The summed E-state index contributed by atoms with van der Waals surface area (Å²) in [4.78, 5) is 10.5. The predicted molar refractivity (Wildman–Crippen MR) is 34.9 cm³/mol. The molecular weight excluding hydrogens is 152 g/mol. The highest BCUT2D eigenvalue weighted by Crippen LogP contribution is 1.98. The van der Waals surface area contributed by atoms with Gasteiger partial charge >= 0.3 is 12.1 Å². The zero-order valence-corrected chi connectivity index (χ0v) is 6.24. The Hall–Kier alpha value is -0.910. The van der Waals surface area contributed by atoms with Gasteiger partial charge in [0.05, 0.1) is 0 Å². The van der Waals surface area contributed by atoms with Crippen molar-refractivity contribution in [3.8, 4) is 0 Å². The highest BCUT2D eigenvalue weighted by Gasteiger charge is 2.22. The van der Waals surface area contributed by atoms with Crippen LogP contribution in [0.3, 0.4) is 0 Å². The molecule has 0 aromatic heterocycles. The van der Waals surface area contributed by atoms with Crippen LogP contribution in [0.15, 0.2) is 11.6 Å². The van der Waals surface area contributed by atoms with Gasteiger partial charge in [-0.05, 0) is 13.8 Å². The van der Waals surface area contributed by atoms with E-state index in [0.717, 1.165) is 6.08 Å². The molecule has 0 aliphatic rings. The Morgan fingerprint density at radius 2 is 1.82 bits per heavy atom. The van der Waals surface area contributed by atoms with Gasteiger partial charge in [-0.2, -0.15) is 0 Å². The summed E-state index contributed by atoms with van der Waals surface area (Å²) in [5.74, 6) is -1.02. The lowest BCUT2D eigenvalue weighted by molar-refractivity contribution is -0.434. The van der Waals surface area contributed by atoms with Gasteiger partial charge in [-0.15, -0.1) is 0 Å². The molecule has 5 nitrogen and oxygen atoms in total. The van der Waals surface area contributed by atoms with Crippen LogP contribution in [0.25, 0.3) is 0 Å². The first-order valence-corrected chi connectivity index (χ1v) is 2.86. The Morgan fingerprint density at radius 3 is 2.09 bits per heavy atom. The Kier molecular flexibility index (Phi) is 3.18. The largest absolute Gasteiger partial charge is 0.455 e. The molecule has 0 aromatic rings. The number of ether oxygens (including phenoxy) is 1. The van der Waals surface area contributed by atoms with Crippen LogP contribution >= 0.6 is 0 Å². The minimum absolute atomic E-state index is 0.624. The lowest BCUT2D eigenvalue weighted by atomic mass is 10.3. The molecular formula is C6H10O5. The molecule has 0 unspecified atom stereocenters. The summed E-state index contributed by atoms with van der Waals surface area (Å²) >= 11 is 0. The Balaban J connectivity index is 4.00. The van der Waals surface area contributed by atoms with E-state index in [9.17, 15) is 4.79 Å². The Morgan fingerprint density at radius 1 is 1.36 bits per heavy atom. The van der Waals surface area contributed by atoms with Gasteiger partial charge in [0.2, 0.25) is 0 Å². The second kappa shape index (κ2) is 3.47. The molecule has 0 aromatic carbocycles. The molecule has 3 N–H and O–H groups in total. The molecule has 0 saturated heterocycles. The Labute approximate surface area is 63.5 Å². The van der Waals surface area contributed by atoms with E-state index >= 15 is 0 Å². The summed E-state index contributed by atoms with van der Waals surface area (Å²) in [5.41, 5.74) is 0.624. The zero-order valence-electron chi connectivity index (χ0n) is 6.24. The van der Waals surface area contributed by atoms with Crippen LogP contribution in [-0.2, 0) is 9.53 Å². The van der Waals surface area contributed by atoms with Crippen molar-refractivity contribution < 1.29 is 24.9 Å². The van der Waals surface area contributed by atoms with E-state index in [4.69, 9.17) is 15.3 Å². The molecule has 0 amide bonds. The third kappa shape index (κ3) is 6.98. The van der Waals surface area contributed by atoms with Crippen LogP contribution in [0, 0.1) is 0 Å². The fraction of sp³-hybridized carbons (Fsp3) is 0.500. The second-order valence-corrected chi connectivity index (χ2v) is 2.22.